The van der Waals surface area contributed by atoms with Crippen molar-refractivity contribution in [1.82, 2.24) is 10.2 Å². The van der Waals surface area contributed by atoms with Crippen LogP contribution < -0.4 is 10.5 Å². The highest BCUT2D eigenvalue weighted by molar-refractivity contribution is 7.89. The van der Waals surface area contributed by atoms with Crippen molar-refractivity contribution >= 4 is 27.6 Å². The zero-order valence-corrected chi connectivity index (χ0v) is 12.8. The third-order valence-electron chi connectivity index (χ3n) is 2.80. The Morgan fingerprint density at radius 1 is 1.35 bits per heavy atom. The molecule has 2 rings (SSSR count). The maximum Gasteiger partial charge on any atom is 0.357 e. The summed E-state index contributed by atoms with van der Waals surface area (Å²) in [6.45, 7) is 1.38. The molecule has 1 aromatic heterocycles. The van der Waals surface area contributed by atoms with E-state index < -0.39 is 28.0 Å². The van der Waals surface area contributed by atoms with Gasteiger partial charge in [0.05, 0.1) is 4.90 Å². The SMILES string of the molecule is CC(OC(=O)c1ccn[nH]1)C(=O)Nc1cccc(S(N)(=O)=O)c1. The number of nitrogens with two attached hydrogens (primary N) is 1. The van der Waals surface area contributed by atoms with Gasteiger partial charge in [0.25, 0.3) is 5.91 Å². The number of aromatic amines is 1. The highest BCUT2D eigenvalue weighted by Crippen LogP contribution is 2.14. The Kier molecular flexibility index (Phi) is 4.77. The predicted molar refractivity (Wildman–Crippen MR) is 79.9 cm³/mol. The third kappa shape index (κ3) is 4.37. The van der Waals surface area contributed by atoms with Crippen molar-refractivity contribution in [3.8, 4) is 0 Å². The second-order valence-electron chi connectivity index (χ2n) is 4.58. The second-order valence-corrected chi connectivity index (χ2v) is 6.14. The normalized spacial score (nSPS) is 12.4. The Morgan fingerprint density at radius 2 is 2.09 bits per heavy atom. The number of carbonyl (C=O) groups excluding carboxylic acids is 2. The van der Waals surface area contributed by atoms with E-state index in [1.807, 2.05) is 0 Å². The molecule has 0 aliphatic heterocycles. The molecule has 0 radical (unpaired) electrons. The summed E-state index contributed by atoms with van der Waals surface area (Å²) < 4.78 is 27.5. The lowest BCUT2D eigenvalue weighted by atomic mass is 10.3. The lowest BCUT2D eigenvalue weighted by Gasteiger charge is -2.13. The summed E-state index contributed by atoms with van der Waals surface area (Å²) in [4.78, 5) is 23.5. The standard InChI is InChI=1S/C13H14N4O5S/c1-8(22-13(19)11-5-6-15-17-11)12(18)16-9-3-2-4-10(7-9)23(14,20)21/h2-8H,1H3,(H,15,17)(H,16,18)(H2,14,20,21). The number of nitrogens with zero attached hydrogens (tertiary/aromatic N) is 1. The van der Waals surface area contributed by atoms with Crippen LogP contribution >= 0.6 is 0 Å². The average Bonchev–Trinajstić information content (AvgIpc) is 3.00. The van der Waals surface area contributed by atoms with Gasteiger partial charge < -0.3 is 10.1 Å². The number of sulfonamides is 1. The zero-order chi connectivity index (χ0) is 17.0. The molecule has 1 atom stereocenters. The highest BCUT2D eigenvalue weighted by Gasteiger charge is 2.20. The molecule has 2 aromatic rings. The van der Waals surface area contributed by atoms with Gasteiger partial charge in [-0.1, -0.05) is 6.07 Å². The topological polar surface area (TPSA) is 144 Å². The Hall–Kier alpha value is -2.72. The van der Waals surface area contributed by atoms with Gasteiger partial charge in [-0.3, -0.25) is 9.89 Å². The van der Waals surface area contributed by atoms with Gasteiger partial charge in [-0.25, -0.2) is 18.4 Å². The summed E-state index contributed by atoms with van der Waals surface area (Å²) in [5.74, 6) is -1.35. The third-order valence-corrected chi connectivity index (χ3v) is 3.71. The fourth-order valence-corrected chi connectivity index (χ4v) is 2.20. The lowest BCUT2D eigenvalue weighted by molar-refractivity contribution is -0.123. The maximum absolute atomic E-state index is 12.0. The van der Waals surface area contributed by atoms with Crippen LogP contribution in [0.1, 0.15) is 17.4 Å². The van der Waals surface area contributed by atoms with Gasteiger partial charge in [-0.05, 0) is 31.2 Å². The number of esters is 1. The zero-order valence-electron chi connectivity index (χ0n) is 12.0. The molecule has 0 saturated carbocycles. The van der Waals surface area contributed by atoms with Crippen molar-refractivity contribution in [3.63, 3.8) is 0 Å². The van der Waals surface area contributed by atoms with Gasteiger partial charge in [0, 0.05) is 11.9 Å². The molecule has 23 heavy (non-hydrogen) atoms. The van der Waals surface area contributed by atoms with Crippen molar-refractivity contribution in [3.05, 3.63) is 42.2 Å². The number of ether oxygens (including phenoxy) is 1. The van der Waals surface area contributed by atoms with Gasteiger partial charge in [0.2, 0.25) is 10.0 Å². The van der Waals surface area contributed by atoms with Gasteiger partial charge >= 0.3 is 5.97 Å². The minimum absolute atomic E-state index is 0.112. The molecule has 4 N–H and O–H groups in total. The smallest absolute Gasteiger partial charge is 0.357 e. The molecule has 1 heterocycles. The van der Waals surface area contributed by atoms with Crippen molar-refractivity contribution in [2.24, 2.45) is 5.14 Å². The van der Waals surface area contributed by atoms with Crippen molar-refractivity contribution < 1.29 is 22.7 Å². The molecular formula is C13H14N4O5S. The predicted octanol–water partition coefficient (Wildman–Crippen LogP) is 0.241. The summed E-state index contributed by atoms with van der Waals surface area (Å²) in [6, 6.07) is 6.82. The average molecular weight is 338 g/mol. The fourth-order valence-electron chi connectivity index (χ4n) is 1.64. The number of hydrogen-bond donors (Lipinski definition) is 3. The number of rotatable bonds is 5. The number of anilines is 1. The Bertz CT molecular complexity index is 817. The van der Waals surface area contributed by atoms with Crippen LogP contribution in [-0.2, 0) is 19.6 Å². The summed E-state index contributed by atoms with van der Waals surface area (Å²) in [7, 11) is -3.88. The first-order chi connectivity index (χ1) is 10.8. The Balaban J connectivity index is 2.03. The summed E-state index contributed by atoms with van der Waals surface area (Å²) in [5, 5.41) is 13.5. The van der Waals surface area contributed by atoms with E-state index in [4.69, 9.17) is 9.88 Å². The summed E-state index contributed by atoms with van der Waals surface area (Å²) in [6.07, 6.45) is 0.282. The molecule has 0 bridgehead atoms. The molecule has 0 aliphatic rings. The molecule has 1 aromatic carbocycles. The number of hydrogen-bond acceptors (Lipinski definition) is 6. The molecule has 122 valence electrons. The number of benzene rings is 1. The second kappa shape index (κ2) is 6.58. The minimum Gasteiger partial charge on any atom is -0.448 e. The van der Waals surface area contributed by atoms with Gasteiger partial charge in [-0.2, -0.15) is 5.10 Å². The van der Waals surface area contributed by atoms with Crippen LogP contribution in [0.4, 0.5) is 5.69 Å². The monoisotopic (exact) mass is 338 g/mol. The van der Waals surface area contributed by atoms with Crippen LogP contribution in [0.25, 0.3) is 0 Å². The largest absolute Gasteiger partial charge is 0.448 e. The van der Waals surface area contributed by atoms with Crippen molar-refractivity contribution in [2.75, 3.05) is 5.32 Å². The lowest BCUT2D eigenvalue weighted by Crippen LogP contribution is -2.30. The molecule has 1 amide bonds. The summed E-state index contributed by atoms with van der Waals surface area (Å²) in [5.41, 5.74) is 0.326. The quantitative estimate of drug-likeness (QED) is 0.666. The number of amides is 1. The molecular weight excluding hydrogens is 324 g/mol. The molecule has 0 saturated heterocycles. The summed E-state index contributed by atoms with van der Waals surface area (Å²) >= 11 is 0. The molecule has 9 nitrogen and oxygen atoms in total. The van der Waals surface area contributed by atoms with E-state index in [0.717, 1.165) is 0 Å². The van der Waals surface area contributed by atoms with E-state index in [1.54, 1.807) is 0 Å². The molecule has 10 heteroatoms. The van der Waals surface area contributed by atoms with E-state index in [-0.39, 0.29) is 16.3 Å². The Morgan fingerprint density at radius 3 is 2.70 bits per heavy atom. The van der Waals surface area contributed by atoms with Crippen LogP contribution in [0.15, 0.2) is 41.4 Å². The highest BCUT2D eigenvalue weighted by atomic mass is 32.2. The Labute approximate surface area is 131 Å². The first kappa shape index (κ1) is 16.6. The van der Waals surface area contributed by atoms with Crippen molar-refractivity contribution in [2.45, 2.75) is 17.9 Å². The number of H-pyrrole nitrogens is 1. The van der Waals surface area contributed by atoms with Crippen molar-refractivity contribution in [1.29, 1.82) is 0 Å². The van der Waals surface area contributed by atoms with E-state index in [2.05, 4.69) is 15.5 Å². The van der Waals surface area contributed by atoms with Crippen LogP contribution in [-0.4, -0.2) is 36.6 Å². The molecule has 0 spiro atoms. The molecule has 0 aliphatic carbocycles. The van der Waals surface area contributed by atoms with Gasteiger partial charge in [0.1, 0.15) is 5.69 Å². The number of carbonyl (C=O) groups is 2. The first-order valence-electron chi connectivity index (χ1n) is 6.41. The fraction of sp³-hybridized carbons (Fsp3) is 0.154. The van der Waals surface area contributed by atoms with Gasteiger partial charge in [-0.15, -0.1) is 0 Å². The van der Waals surface area contributed by atoms with Crippen LogP contribution in [0.2, 0.25) is 0 Å². The number of primary sulfonamides is 1. The maximum atomic E-state index is 12.0. The number of aromatic nitrogens is 2. The molecule has 0 fully saturated rings. The minimum atomic E-state index is -3.88. The van der Waals surface area contributed by atoms with Crippen LogP contribution in [0.5, 0.6) is 0 Å². The van der Waals surface area contributed by atoms with E-state index in [9.17, 15) is 18.0 Å². The van der Waals surface area contributed by atoms with Crippen LogP contribution in [0.3, 0.4) is 0 Å². The van der Waals surface area contributed by atoms with Crippen LogP contribution in [0, 0.1) is 0 Å². The van der Waals surface area contributed by atoms with E-state index >= 15 is 0 Å². The molecule has 1 unspecified atom stereocenters. The van der Waals surface area contributed by atoms with Gasteiger partial charge in [0.15, 0.2) is 6.10 Å². The van der Waals surface area contributed by atoms with E-state index in [0.29, 0.717) is 0 Å². The first-order valence-corrected chi connectivity index (χ1v) is 7.96. The van der Waals surface area contributed by atoms with E-state index in [1.165, 1.54) is 43.5 Å². The number of nitrogens with one attached hydrogen (secondary N) is 2.